The van der Waals surface area contributed by atoms with E-state index >= 15 is 0 Å². The van der Waals surface area contributed by atoms with Crippen molar-refractivity contribution in [2.45, 2.75) is 56.6 Å². The smallest absolute Gasteiger partial charge is 0.264 e. The first-order valence-corrected chi connectivity index (χ1v) is 14.4. The number of hydrogen-bond donors (Lipinski definition) is 1. The average Bonchev–Trinajstić information content (AvgIpc) is 2.89. The molecule has 0 bridgehead atoms. The van der Waals surface area contributed by atoms with Gasteiger partial charge in [0.15, 0.2) is 0 Å². The van der Waals surface area contributed by atoms with Gasteiger partial charge in [-0.1, -0.05) is 79.0 Å². The highest BCUT2D eigenvalue weighted by molar-refractivity contribution is 7.92. The molecule has 1 N–H and O–H groups in total. The van der Waals surface area contributed by atoms with E-state index in [1.165, 1.54) is 18.2 Å². The lowest BCUT2D eigenvalue weighted by Gasteiger charge is -2.41. The van der Waals surface area contributed by atoms with Crippen molar-refractivity contribution >= 4 is 44.8 Å². The molecule has 0 radical (unpaired) electrons. The Morgan fingerprint density at radius 1 is 1.03 bits per heavy atom. The molecule has 0 saturated carbocycles. The van der Waals surface area contributed by atoms with Crippen LogP contribution < -0.4 is 14.4 Å². The first-order chi connectivity index (χ1) is 17.6. The summed E-state index contributed by atoms with van der Waals surface area (Å²) < 4.78 is 34.9. The van der Waals surface area contributed by atoms with Crippen molar-refractivity contribution < 1.29 is 17.9 Å². The lowest BCUT2D eigenvalue weighted by Crippen LogP contribution is -2.47. The molecule has 1 heterocycles. The molecule has 0 saturated heterocycles. The van der Waals surface area contributed by atoms with Crippen molar-refractivity contribution in [3.63, 3.8) is 0 Å². The van der Waals surface area contributed by atoms with Gasteiger partial charge >= 0.3 is 0 Å². The number of rotatable bonds is 8. The van der Waals surface area contributed by atoms with E-state index in [0.29, 0.717) is 6.42 Å². The molecule has 3 aromatic carbocycles. The summed E-state index contributed by atoms with van der Waals surface area (Å²) in [5.74, 6) is 0.263. The van der Waals surface area contributed by atoms with Gasteiger partial charge in [-0.25, -0.2) is 8.42 Å². The van der Waals surface area contributed by atoms with Gasteiger partial charge in [0.1, 0.15) is 17.9 Å². The van der Waals surface area contributed by atoms with Crippen LogP contribution in [0.15, 0.2) is 71.6 Å². The zero-order chi connectivity index (χ0) is 26.8. The predicted octanol–water partition coefficient (Wildman–Crippen LogP) is 6.70. The molecule has 3 aromatic rings. The zero-order valence-corrected chi connectivity index (χ0v) is 23.3. The number of amides is 1. The van der Waals surface area contributed by atoms with Crippen LogP contribution in [0.3, 0.4) is 0 Å². The van der Waals surface area contributed by atoms with Crippen molar-refractivity contribution in [1.29, 1.82) is 0 Å². The number of carbonyl (C=O) groups excluding carboxylic acids is 1. The Kier molecular flexibility index (Phi) is 8.07. The topological polar surface area (TPSA) is 75.7 Å². The van der Waals surface area contributed by atoms with Gasteiger partial charge in [-0.05, 0) is 50.1 Å². The highest BCUT2D eigenvalue weighted by atomic mass is 35.5. The molecular weight excluding hydrogens is 531 g/mol. The Bertz CT molecular complexity index is 1390. The van der Waals surface area contributed by atoms with Crippen LogP contribution in [0.2, 0.25) is 10.0 Å². The Labute approximate surface area is 228 Å². The second-order valence-corrected chi connectivity index (χ2v) is 11.9. The minimum Gasteiger partial charge on any atom is -0.487 e. The molecule has 6 nitrogen and oxygen atoms in total. The third-order valence-corrected chi connectivity index (χ3v) is 9.50. The highest BCUT2D eigenvalue weighted by Gasteiger charge is 2.39. The van der Waals surface area contributed by atoms with Gasteiger partial charge in [0.05, 0.1) is 26.7 Å². The molecule has 9 heteroatoms. The largest absolute Gasteiger partial charge is 0.487 e. The van der Waals surface area contributed by atoms with Gasteiger partial charge in [-0.15, -0.1) is 0 Å². The summed E-state index contributed by atoms with van der Waals surface area (Å²) in [4.78, 5) is 13.5. The van der Waals surface area contributed by atoms with Gasteiger partial charge in [0, 0.05) is 12.0 Å². The van der Waals surface area contributed by atoms with E-state index in [4.69, 9.17) is 27.9 Å². The Hall–Kier alpha value is -2.74. The maximum absolute atomic E-state index is 13.8. The summed E-state index contributed by atoms with van der Waals surface area (Å²) in [6.45, 7) is 5.52. The van der Waals surface area contributed by atoms with Crippen molar-refractivity contribution in [2.75, 3.05) is 10.8 Å². The third-order valence-electron chi connectivity index (χ3n) is 6.92. The summed E-state index contributed by atoms with van der Waals surface area (Å²) in [6.07, 6.45) is 2.12. The lowest BCUT2D eigenvalue weighted by atomic mass is 9.83. The average molecular weight is 562 g/mol. The number of para-hydroxylation sites is 1. The normalized spacial score (nSPS) is 16.4. The number of fused-ring (bicyclic) bond motifs is 1. The fourth-order valence-electron chi connectivity index (χ4n) is 4.62. The number of carbonyl (C=O) groups is 1. The molecule has 0 aliphatic carbocycles. The van der Waals surface area contributed by atoms with Crippen molar-refractivity contribution in [3.8, 4) is 5.75 Å². The van der Waals surface area contributed by atoms with Crippen LogP contribution in [0.25, 0.3) is 0 Å². The standard InChI is InChI=1S/C28H30Cl2N2O4S/c1-4-28(5-2)17-23(21-9-6-7-12-25(21)36-28)31-26(33)18-32(24-11-8-10-22(29)27(24)30)37(34,35)20-15-13-19(3)14-16-20/h6-16,23H,4-5,17-18H2,1-3H3,(H,31,33)/t23-/m0/s1. The minimum absolute atomic E-state index is 0.0503. The van der Waals surface area contributed by atoms with Gasteiger partial charge in [0.2, 0.25) is 5.91 Å². The molecule has 1 amide bonds. The predicted molar refractivity (Wildman–Crippen MR) is 148 cm³/mol. The van der Waals surface area contributed by atoms with E-state index in [1.807, 2.05) is 31.2 Å². The Balaban J connectivity index is 1.69. The third kappa shape index (κ3) is 5.59. The first kappa shape index (κ1) is 27.3. The quantitative estimate of drug-likeness (QED) is 0.332. The van der Waals surface area contributed by atoms with Crippen LogP contribution in [0.4, 0.5) is 5.69 Å². The molecule has 196 valence electrons. The van der Waals surface area contributed by atoms with Gasteiger partial charge in [0.25, 0.3) is 10.0 Å². The van der Waals surface area contributed by atoms with Crippen LogP contribution >= 0.6 is 23.2 Å². The fraction of sp³-hybridized carbons (Fsp3) is 0.321. The highest BCUT2D eigenvalue weighted by Crippen LogP contribution is 2.43. The molecular formula is C28H30Cl2N2O4S. The number of nitrogens with zero attached hydrogens (tertiary/aromatic N) is 1. The number of ether oxygens (including phenoxy) is 1. The van der Waals surface area contributed by atoms with Crippen LogP contribution in [0, 0.1) is 6.92 Å². The minimum atomic E-state index is -4.13. The molecule has 0 aromatic heterocycles. The van der Waals surface area contributed by atoms with Crippen LogP contribution in [-0.2, 0) is 14.8 Å². The number of sulfonamides is 1. The number of aryl methyl sites for hydroxylation is 1. The van der Waals surface area contributed by atoms with Crippen molar-refractivity contribution in [2.24, 2.45) is 0 Å². The van der Waals surface area contributed by atoms with Crippen molar-refractivity contribution in [1.82, 2.24) is 5.32 Å². The van der Waals surface area contributed by atoms with Crippen LogP contribution in [0.1, 0.15) is 50.3 Å². The summed E-state index contributed by atoms with van der Waals surface area (Å²) in [5.41, 5.74) is 1.49. The number of halogens is 2. The monoisotopic (exact) mass is 560 g/mol. The molecule has 0 fully saturated rings. The lowest BCUT2D eigenvalue weighted by molar-refractivity contribution is -0.121. The molecule has 1 aliphatic rings. The molecule has 1 aliphatic heterocycles. The SMILES string of the molecule is CCC1(CC)C[C@H](NC(=O)CN(c2cccc(Cl)c2Cl)S(=O)(=O)c2ccc(C)cc2)c2ccccc2O1. The maximum Gasteiger partial charge on any atom is 0.264 e. The maximum atomic E-state index is 13.8. The summed E-state index contributed by atoms with van der Waals surface area (Å²) in [6, 6.07) is 18.4. The van der Waals surface area contributed by atoms with E-state index in [-0.39, 0.29) is 26.7 Å². The number of anilines is 1. The van der Waals surface area contributed by atoms with E-state index in [1.54, 1.807) is 24.3 Å². The van der Waals surface area contributed by atoms with E-state index in [0.717, 1.165) is 34.0 Å². The van der Waals surface area contributed by atoms with Gasteiger partial charge in [-0.2, -0.15) is 0 Å². The summed E-state index contributed by atoms with van der Waals surface area (Å²) in [5, 5.41) is 3.31. The van der Waals surface area contributed by atoms with E-state index in [9.17, 15) is 13.2 Å². The number of hydrogen-bond acceptors (Lipinski definition) is 4. The number of benzene rings is 3. The number of nitrogens with one attached hydrogen (secondary N) is 1. The Morgan fingerprint density at radius 2 is 1.70 bits per heavy atom. The molecule has 4 rings (SSSR count). The fourth-order valence-corrected chi connectivity index (χ4v) is 6.50. The molecule has 0 unspecified atom stereocenters. The summed E-state index contributed by atoms with van der Waals surface area (Å²) in [7, 11) is -4.13. The van der Waals surface area contributed by atoms with Crippen LogP contribution in [0.5, 0.6) is 5.75 Å². The molecule has 0 spiro atoms. The second-order valence-electron chi connectivity index (χ2n) is 9.25. The molecule has 37 heavy (non-hydrogen) atoms. The Morgan fingerprint density at radius 3 is 2.38 bits per heavy atom. The van der Waals surface area contributed by atoms with Crippen molar-refractivity contribution in [3.05, 3.63) is 87.9 Å². The van der Waals surface area contributed by atoms with E-state index in [2.05, 4.69) is 19.2 Å². The van der Waals surface area contributed by atoms with Gasteiger partial charge in [-0.3, -0.25) is 9.10 Å². The van der Waals surface area contributed by atoms with Crippen LogP contribution in [-0.4, -0.2) is 26.5 Å². The summed E-state index contributed by atoms with van der Waals surface area (Å²) >= 11 is 12.7. The van der Waals surface area contributed by atoms with E-state index < -0.39 is 28.1 Å². The van der Waals surface area contributed by atoms with Gasteiger partial charge < -0.3 is 10.1 Å². The molecule has 1 atom stereocenters. The second kappa shape index (κ2) is 10.9. The zero-order valence-electron chi connectivity index (χ0n) is 21.0. The first-order valence-electron chi connectivity index (χ1n) is 12.2.